The molecule has 2 rings (SSSR count). The molecule has 0 saturated carbocycles. The van der Waals surface area contributed by atoms with Crippen LogP contribution in [0.15, 0.2) is 24.3 Å². The van der Waals surface area contributed by atoms with Gasteiger partial charge in [0.15, 0.2) is 9.84 Å². The molecular formula is C12H14O4S. The molecule has 17 heavy (non-hydrogen) atoms. The van der Waals surface area contributed by atoms with Gasteiger partial charge < -0.3 is 5.11 Å². The van der Waals surface area contributed by atoms with E-state index in [-0.39, 0.29) is 24.3 Å². The normalized spacial score (nSPS) is 21.9. The molecule has 0 bridgehead atoms. The second-order valence-corrected chi connectivity index (χ2v) is 6.73. The molecule has 0 atom stereocenters. The Kier molecular flexibility index (Phi) is 3.05. The lowest BCUT2D eigenvalue weighted by molar-refractivity contribution is 0.0263. The summed E-state index contributed by atoms with van der Waals surface area (Å²) in [6.45, 7) is 0. The van der Waals surface area contributed by atoms with Crippen LogP contribution in [-0.2, 0) is 15.4 Å². The van der Waals surface area contributed by atoms with Crippen LogP contribution in [-0.4, -0.2) is 31.3 Å². The van der Waals surface area contributed by atoms with E-state index in [0.29, 0.717) is 11.1 Å². The van der Waals surface area contributed by atoms with Crippen LogP contribution in [0.2, 0.25) is 0 Å². The zero-order valence-electron chi connectivity index (χ0n) is 9.30. The Hall–Kier alpha value is -1.20. The smallest absolute Gasteiger partial charge is 0.150 e. The number of benzene rings is 1. The van der Waals surface area contributed by atoms with Gasteiger partial charge in [0.2, 0.25) is 0 Å². The van der Waals surface area contributed by atoms with Gasteiger partial charge in [-0.25, -0.2) is 8.42 Å². The summed E-state index contributed by atoms with van der Waals surface area (Å²) in [6, 6.07) is 6.62. The van der Waals surface area contributed by atoms with Crippen molar-refractivity contribution < 1.29 is 18.3 Å². The summed E-state index contributed by atoms with van der Waals surface area (Å²) < 4.78 is 22.6. The highest BCUT2D eigenvalue weighted by atomic mass is 32.2. The van der Waals surface area contributed by atoms with E-state index in [1.807, 2.05) is 0 Å². The van der Waals surface area contributed by atoms with Crippen molar-refractivity contribution in [2.75, 3.05) is 11.5 Å². The second kappa shape index (κ2) is 4.23. The van der Waals surface area contributed by atoms with Crippen LogP contribution in [0.3, 0.4) is 0 Å². The highest BCUT2D eigenvalue weighted by Gasteiger charge is 2.36. The van der Waals surface area contributed by atoms with Crippen molar-refractivity contribution in [2.45, 2.75) is 18.4 Å². The summed E-state index contributed by atoms with van der Waals surface area (Å²) in [5.41, 5.74) is 0.144. The van der Waals surface area contributed by atoms with Crippen LogP contribution in [0.25, 0.3) is 0 Å². The van der Waals surface area contributed by atoms with E-state index >= 15 is 0 Å². The topological polar surface area (TPSA) is 71.4 Å². The Morgan fingerprint density at radius 1 is 1.12 bits per heavy atom. The summed E-state index contributed by atoms with van der Waals surface area (Å²) >= 11 is 0. The third kappa shape index (κ3) is 2.56. The van der Waals surface area contributed by atoms with Gasteiger partial charge in [-0.05, 0) is 18.4 Å². The fourth-order valence-corrected chi connectivity index (χ4v) is 3.54. The average molecular weight is 254 g/mol. The van der Waals surface area contributed by atoms with Crippen LogP contribution >= 0.6 is 0 Å². The summed E-state index contributed by atoms with van der Waals surface area (Å²) in [5, 5.41) is 10.4. The number of sulfone groups is 1. The van der Waals surface area contributed by atoms with Gasteiger partial charge in [-0.15, -0.1) is 0 Å². The fraction of sp³-hybridized carbons (Fsp3) is 0.417. The molecule has 1 N–H and O–H groups in total. The number of carbonyl (C=O) groups is 1. The summed E-state index contributed by atoms with van der Waals surface area (Å²) in [6.07, 6.45) is 1.17. The molecule has 0 aromatic heterocycles. The first-order valence-electron chi connectivity index (χ1n) is 5.44. The van der Waals surface area contributed by atoms with E-state index in [4.69, 9.17) is 0 Å². The minimum absolute atomic E-state index is 0.0128. The minimum Gasteiger partial charge on any atom is -0.385 e. The van der Waals surface area contributed by atoms with E-state index < -0.39 is 15.4 Å². The van der Waals surface area contributed by atoms with Crippen molar-refractivity contribution in [3.63, 3.8) is 0 Å². The molecule has 0 unspecified atom stereocenters. The molecule has 0 spiro atoms. The fourth-order valence-electron chi connectivity index (χ4n) is 2.04. The number of hydrogen-bond acceptors (Lipinski definition) is 4. The van der Waals surface area contributed by atoms with Gasteiger partial charge >= 0.3 is 0 Å². The van der Waals surface area contributed by atoms with Gasteiger partial charge in [-0.2, -0.15) is 0 Å². The van der Waals surface area contributed by atoms with E-state index in [1.54, 1.807) is 24.3 Å². The van der Waals surface area contributed by atoms with E-state index in [9.17, 15) is 18.3 Å². The first-order valence-corrected chi connectivity index (χ1v) is 7.26. The zero-order valence-corrected chi connectivity index (χ0v) is 10.1. The number of rotatable bonds is 2. The molecule has 1 saturated heterocycles. The van der Waals surface area contributed by atoms with Crippen molar-refractivity contribution >= 4 is 16.1 Å². The summed E-state index contributed by atoms with van der Waals surface area (Å²) in [5.74, 6) is 0.0257. The first kappa shape index (κ1) is 12.3. The Morgan fingerprint density at radius 2 is 1.65 bits per heavy atom. The van der Waals surface area contributed by atoms with Crippen LogP contribution < -0.4 is 0 Å². The predicted octanol–water partition coefficient (Wildman–Crippen LogP) is 0.895. The van der Waals surface area contributed by atoms with Gasteiger partial charge in [0.05, 0.1) is 17.1 Å². The predicted molar refractivity (Wildman–Crippen MR) is 63.6 cm³/mol. The molecule has 1 fully saturated rings. The Morgan fingerprint density at radius 3 is 2.12 bits per heavy atom. The van der Waals surface area contributed by atoms with Crippen molar-refractivity contribution in [3.8, 4) is 0 Å². The Labute approximate surface area is 100 Å². The van der Waals surface area contributed by atoms with Crippen molar-refractivity contribution in [1.29, 1.82) is 0 Å². The summed E-state index contributed by atoms with van der Waals surface area (Å²) in [4.78, 5) is 10.5. The maximum Gasteiger partial charge on any atom is 0.150 e. The summed E-state index contributed by atoms with van der Waals surface area (Å²) in [7, 11) is -2.99. The lowest BCUT2D eigenvalue weighted by Gasteiger charge is -2.32. The second-order valence-electron chi connectivity index (χ2n) is 4.42. The van der Waals surface area contributed by atoms with Crippen LogP contribution in [0.5, 0.6) is 0 Å². The average Bonchev–Trinajstić information content (AvgIpc) is 2.34. The van der Waals surface area contributed by atoms with Crippen LogP contribution in [0.1, 0.15) is 28.8 Å². The van der Waals surface area contributed by atoms with Crippen molar-refractivity contribution in [2.24, 2.45) is 0 Å². The number of carbonyl (C=O) groups excluding carboxylic acids is 1. The Bertz CT molecular complexity index is 502. The molecule has 4 nitrogen and oxygen atoms in total. The lowest BCUT2D eigenvalue weighted by Crippen LogP contribution is -2.36. The quantitative estimate of drug-likeness (QED) is 0.796. The standard InChI is InChI=1S/C12H14O4S/c13-9-10-1-3-11(4-2-10)12(14)5-7-17(15,16)8-6-12/h1-4,9,14H,5-8H2. The highest BCUT2D eigenvalue weighted by molar-refractivity contribution is 7.91. The minimum atomic E-state index is -2.99. The molecule has 1 aromatic rings. The molecule has 0 radical (unpaired) electrons. The number of aldehydes is 1. The van der Waals surface area contributed by atoms with Crippen LogP contribution in [0, 0.1) is 0 Å². The molecule has 1 heterocycles. The van der Waals surface area contributed by atoms with Crippen LogP contribution in [0.4, 0.5) is 0 Å². The highest BCUT2D eigenvalue weighted by Crippen LogP contribution is 2.33. The van der Waals surface area contributed by atoms with Gasteiger partial charge in [0.25, 0.3) is 0 Å². The molecule has 92 valence electrons. The van der Waals surface area contributed by atoms with E-state index in [1.165, 1.54) is 0 Å². The maximum atomic E-state index is 11.3. The van der Waals surface area contributed by atoms with Gasteiger partial charge in [0.1, 0.15) is 6.29 Å². The molecule has 0 aliphatic carbocycles. The number of hydrogen-bond donors (Lipinski definition) is 1. The molecule has 0 amide bonds. The van der Waals surface area contributed by atoms with Gasteiger partial charge in [0, 0.05) is 5.56 Å². The molecule has 1 aliphatic heterocycles. The Balaban J connectivity index is 2.24. The third-order valence-electron chi connectivity index (χ3n) is 3.24. The van der Waals surface area contributed by atoms with E-state index in [2.05, 4.69) is 0 Å². The number of aliphatic hydroxyl groups is 1. The maximum absolute atomic E-state index is 11.3. The van der Waals surface area contributed by atoms with Gasteiger partial charge in [-0.3, -0.25) is 4.79 Å². The molecule has 1 aromatic carbocycles. The third-order valence-corrected chi connectivity index (χ3v) is 4.89. The van der Waals surface area contributed by atoms with Gasteiger partial charge in [-0.1, -0.05) is 24.3 Å². The SMILES string of the molecule is O=Cc1ccc(C2(O)CCS(=O)(=O)CC2)cc1. The van der Waals surface area contributed by atoms with Crippen molar-refractivity contribution in [3.05, 3.63) is 35.4 Å². The zero-order chi connectivity index (χ0) is 12.5. The van der Waals surface area contributed by atoms with Crippen molar-refractivity contribution in [1.82, 2.24) is 0 Å². The molecular weight excluding hydrogens is 240 g/mol. The van der Waals surface area contributed by atoms with E-state index in [0.717, 1.165) is 6.29 Å². The first-order chi connectivity index (χ1) is 7.95. The monoisotopic (exact) mass is 254 g/mol. The molecule has 1 aliphatic rings. The largest absolute Gasteiger partial charge is 0.385 e. The lowest BCUT2D eigenvalue weighted by atomic mass is 9.88. The molecule has 5 heteroatoms.